The van der Waals surface area contributed by atoms with Crippen molar-refractivity contribution in [3.63, 3.8) is 0 Å². The van der Waals surface area contributed by atoms with E-state index in [1.807, 2.05) is 37.3 Å². The summed E-state index contributed by atoms with van der Waals surface area (Å²) in [5.74, 6) is -0.0606. The molecule has 2 N–H and O–H groups in total. The molecule has 6 heteroatoms. The molecule has 1 heterocycles. The molecule has 0 aliphatic carbocycles. The number of benzene rings is 1. The minimum absolute atomic E-state index is 0.0839. The van der Waals surface area contributed by atoms with Crippen molar-refractivity contribution in [2.75, 3.05) is 6.54 Å². The van der Waals surface area contributed by atoms with E-state index in [1.165, 1.54) is 0 Å². The van der Waals surface area contributed by atoms with Gasteiger partial charge in [0.1, 0.15) is 11.3 Å². The summed E-state index contributed by atoms with van der Waals surface area (Å²) in [7, 11) is 0. The van der Waals surface area contributed by atoms with Crippen LogP contribution in [-0.4, -0.2) is 23.5 Å². The highest BCUT2D eigenvalue weighted by atomic mass is 16.5. The zero-order valence-electron chi connectivity index (χ0n) is 12.7. The van der Waals surface area contributed by atoms with Crippen LogP contribution in [0, 0.1) is 6.92 Å². The van der Waals surface area contributed by atoms with Crippen LogP contribution in [0.15, 0.2) is 34.9 Å². The number of rotatable bonds is 6. The third kappa shape index (κ3) is 3.94. The van der Waals surface area contributed by atoms with Gasteiger partial charge in [-0.05, 0) is 12.5 Å². The smallest absolute Gasteiger partial charge is 0.257 e. The number of hydrogen-bond acceptors (Lipinski definition) is 4. The lowest BCUT2D eigenvalue weighted by Gasteiger charge is -2.07. The van der Waals surface area contributed by atoms with Crippen molar-refractivity contribution in [2.45, 2.75) is 26.8 Å². The molecule has 0 atom stereocenters. The van der Waals surface area contributed by atoms with Crippen LogP contribution in [0.4, 0.5) is 0 Å². The van der Waals surface area contributed by atoms with Gasteiger partial charge < -0.3 is 15.2 Å². The summed E-state index contributed by atoms with van der Waals surface area (Å²) in [6.45, 7) is 3.93. The lowest BCUT2D eigenvalue weighted by molar-refractivity contribution is -0.120. The molecule has 1 aromatic heterocycles. The number of aryl methyl sites for hydroxylation is 2. The second-order valence-corrected chi connectivity index (χ2v) is 4.86. The molecule has 2 rings (SSSR count). The molecule has 0 aliphatic rings. The van der Waals surface area contributed by atoms with Crippen molar-refractivity contribution in [1.29, 1.82) is 0 Å². The third-order valence-electron chi connectivity index (χ3n) is 3.22. The van der Waals surface area contributed by atoms with E-state index in [4.69, 9.17) is 4.52 Å². The van der Waals surface area contributed by atoms with Crippen LogP contribution in [0.3, 0.4) is 0 Å². The largest absolute Gasteiger partial charge is 0.360 e. The Balaban J connectivity index is 1.83. The average Bonchev–Trinajstić information content (AvgIpc) is 2.92. The van der Waals surface area contributed by atoms with Gasteiger partial charge in [-0.3, -0.25) is 9.59 Å². The maximum atomic E-state index is 12.1. The zero-order valence-corrected chi connectivity index (χ0v) is 12.7. The highest BCUT2D eigenvalue weighted by molar-refractivity contribution is 5.98. The Morgan fingerprint density at radius 1 is 1.18 bits per heavy atom. The van der Waals surface area contributed by atoms with Gasteiger partial charge >= 0.3 is 0 Å². The van der Waals surface area contributed by atoms with Crippen LogP contribution >= 0.6 is 0 Å². The predicted molar refractivity (Wildman–Crippen MR) is 81.2 cm³/mol. The summed E-state index contributed by atoms with van der Waals surface area (Å²) >= 11 is 0. The zero-order chi connectivity index (χ0) is 15.9. The van der Waals surface area contributed by atoms with Gasteiger partial charge in [0.05, 0.1) is 12.2 Å². The lowest BCUT2D eigenvalue weighted by atomic mass is 10.1. The van der Waals surface area contributed by atoms with E-state index < -0.39 is 0 Å². The maximum Gasteiger partial charge on any atom is 0.257 e. The van der Waals surface area contributed by atoms with Gasteiger partial charge in [0.25, 0.3) is 5.91 Å². The minimum Gasteiger partial charge on any atom is -0.360 e. The molecule has 116 valence electrons. The third-order valence-corrected chi connectivity index (χ3v) is 3.22. The number of nitrogens with one attached hydrogen (secondary N) is 2. The normalized spacial score (nSPS) is 10.3. The molecule has 2 amide bonds. The van der Waals surface area contributed by atoms with E-state index in [2.05, 4.69) is 15.8 Å². The Morgan fingerprint density at radius 2 is 1.91 bits per heavy atom. The number of carbonyl (C=O) groups excluding carboxylic acids is 2. The van der Waals surface area contributed by atoms with Crippen molar-refractivity contribution in [3.05, 3.63) is 52.9 Å². The molecular weight excluding hydrogens is 282 g/mol. The van der Waals surface area contributed by atoms with E-state index in [1.54, 1.807) is 6.92 Å². The van der Waals surface area contributed by atoms with Gasteiger partial charge in [-0.2, -0.15) is 0 Å². The Bertz CT molecular complexity index is 650. The summed E-state index contributed by atoms with van der Waals surface area (Å²) in [6.07, 6.45) is 0.573. The molecule has 0 fully saturated rings. The van der Waals surface area contributed by atoms with Gasteiger partial charge in [0.2, 0.25) is 5.91 Å². The van der Waals surface area contributed by atoms with Crippen molar-refractivity contribution >= 4 is 11.8 Å². The first-order valence-corrected chi connectivity index (χ1v) is 7.15. The van der Waals surface area contributed by atoms with Crippen LogP contribution in [0.1, 0.15) is 34.3 Å². The van der Waals surface area contributed by atoms with Crippen LogP contribution in [0.25, 0.3) is 0 Å². The Kier molecular flexibility index (Phi) is 5.30. The van der Waals surface area contributed by atoms with Gasteiger partial charge in [-0.1, -0.05) is 42.4 Å². The minimum atomic E-state index is -0.342. The topological polar surface area (TPSA) is 84.2 Å². The first-order valence-electron chi connectivity index (χ1n) is 7.15. The van der Waals surface area contributed by atoms with Crippen LogP contribution in [-0.2, 0) is 17.8 Å². The number of hydrogen-bond donors (Lipinski definition) is 2. The van der Waals surface area contributed by atoms with Crippen LogP contribution < -0.4 is 10.6 Å². The summed E-state index contributed by atoms with van der Waals surface area (Å²) < 4.78 is 5.07. The standard InChI is InChI=1S/C16H19N3O3/c1-3-13-15(11(2)19-22-13)16(21)18-10-14(20)17-9-12-7-5-4-6-8-12/h4-8H,3,9-10H2,1-2H3,(H,17,20)(H,18,21). The Morgan fingerprint density at radius 3 is 2.59 bits per heavy atom. The van der Waals surface area contributed by atoms with E-state index in [0.717, 1.165) is 5.56 Å². The molecule has 0 aliphatic heterocycles. The summed E-state index contributed by atoms with van der Waals surface area (Å²) in [4.78, 5) is 23.9. The van der Waals surface area contributed by atoms with E-state index in [-0.39, 0.29) is 18.4 Å². The fourth-order valence-corrected chi connectivity index (χ4v) is 2.06. The van der Waals surface area contributed by atoms with E-state index in [9.17, 15) is 9.59 Å². The molecule has 6 nitrogen and oxygen atoms in total. The number of amides is 2. The molecule has 0 saturated carbocycles. The molecule has 0 spiro atoms. The van der Waals surface area contributed by atoms with Crippen molar-refractivity contribution in [3.8, 4) is 0 Å². The second kappa shape index (κ2) is 7.40. The predicted octanol–water partition coefficient (Wildman–Crippen LogP) is 1.59. The van der Waals surface area contributed by atoms with Gasteiger partial charge in [0, 0.05) is 13.0 Å². The molecule has 0 radical (unpaired) electrons. The monoisotopic (exact) mass is 301 g/mol. The molecule has 2 aromatic rings. The molecule has 0 unspecified atom stereocenters. The van der Waals surface area contributed by atoms with Crippen molar-refractivity contribution in [1.82, 2.24) is 15.8 Å². The van der Waals surface area contributed by atoms with Crippen molar-refractivity contribution in [2.24, 2.45) is 0 Å². The molecule has 1 aromatic carbocycles. The van der Waals surface area contributed by atoms with E-state index >= 15 is 0 Å². The van der Waals surface area contributed by atoms with Gasteiger partial charge in [-0.25, -0.2) is 0 Å². The Labute approximate surface area is 128 Å². The number of aromatic nitrogens is 1. The fraction of sp³-hybridized carbons (Fsp3) is 0.312. The highest BCUT2D eigenvalue weighted by Crippen LogP contribution is 2.13. The lowest BCUT2D eigenvalue weighted by Crippen LogP contribution is -2.37. The molecule has 22 heavy (non-hydrogen) atoms. The van der Waals surface area contributed by atoms with Crippen LogP contribution in [0.5, 0.6) is 0 Å². The summed E-state index contributed by atoms with van der Waals surface area (Å²) in [5, 5.41) is 9.11. The van der Waals surface area contributed by atoms with Crippen molar-refractivity contribution < 1.29 is 14.1 Å². The number of nitrogens with zero attached hydrogens (tertiary/aromatic N) is 1. The highest BCUT2D eigenvalue weighted by Gasteiger charge is 2.19. The molecular formula is C16H19N3O3. The first-order chi connectivity index (χ1) is 10.6. The summed E-state index contributed by atoms with van der Waals surface area (Å²) in [5.41, 5.74) is 1.95. The van der Waals surface area contributed by atoms with Crippen LogP contribution in [0.2, 0.25) is 0 Å². The van der Waals surface area contributed by atoms with Gasteiger partial charge in [0.15, 0.2) is 0 Å². The quantitative estimate of drug-likeness (QED) is 0.848. The van der Waals surface area contributed by atoms with Gasteiger partial charge in [-0.15, -0.1) is 0 Å². The second-order valence-electron chi connectivity index (χ2n) is 4.86. The molecule has 0 bridgehead atoms. The Hall–Kier alpha value is -2.63. The fourth-order valence-electron chi connectivity index (χ4n) is 2.06. The maximum absolute atomic E-state index is 12.1. The average molecular weight is 301 g/mol. The van der Waals surface area contributed by atoms with E-state index in [0.29, 0.717) is 30.0 Å². The SMILES string of the molecule is CCc1onc(C)c1C(=O)NCC(=O)NCc1ccccc1. The first kappa shape index (κ1) is 15.8. The number of carbonyl (C=O) groups is 2. The molecule has 0 saturated heterocycles. The summed E-state index contributed by atoms with van der Waals surface area (Å²) in [6, 6.07) is 9.58.